The lowest BCUT2D eigenvalue weighted by molar-refractivity contribution is 0.233. The molecule has 2 heteroatoms. The van der Waals surface area contributed by atoms with Crippen LogP contribution >= 0.6 is 0 Å². The van der Waals surface area contributed by atoms with Crippen LogP contribution in [0.5, 0.6) is 0 Å². The van der Waals surface area contributed by atoms with Gasteiger partial charge in [-0.1, -0.05) is 12.2 Å². The molecule has 0 N–H and O–H groups in total. The van der Waals surface area contributed by atoms with Gasteiger partial charge in [0.05, 0.1) is 6.61 Å². The Kier molecular flexibility index (Phi) is 6.55. The van der Waals surface area contributed by atoms with Crippen LogP contribution in [0.4, 0.5) is 0 Å². The van der Waals surface area contributed by atoms with E-state index in [4.69, 9.17) is 4.74 Å². The van der Waals surface area contributed by atoms with Crippen molar-refractivity contribution in [3.05, 3.63) is 12.2 Å². The first-order valence-electron chi connectivity index (χ1n) is 3.56. The average molecular weight is 143 g/mol. The minimum Gasteiger partial charge on any atom is -0.381 e. The number of ether oxygens (including phenoxy) is 1. The van der Waals surface area contributed by atoms with E-state index >= 15 is 0 Å². The molecule has 60 valence electrons. The van der Waals surface area contributed by atoms with E-state index in [9.17, 15) is 0 Å². The normalized spacial score (nSPS) is 11.6. The molecule has 0 bridgehead atoms. The smallest absolute Gasteiger partial charge is 0.0643 e. The summed E-state index contributed by atoms with van der Waals surface area (Å²) in [4.78, 5) is 2.16. The number of rotatable bonds is 5. The Morgan fingerprint density at radius 1 is 1.30 bits per heavy atom. The van der Waals surface area contributed by atoms with E-state index in [1.807, 2.05) is 6.08 Å². The van der Waals surface area contributed by atoms with Crippen LogP contribution in [0.3, 0.4) is 0 Å². The predicted octanol–water partition coefficient (Wildman–Crippen LogP) is 1.14. The highest BCUT2D eigenvalue weighted by molar-refractivity contribution is 4.81. The van der Waals surface area contributed by atoms with E-state index in [2.05, 4.69) is 25.1 Å². The molecule has 10 heavy (non-hydrogen) atoms. The van der Waals surface area contributed by atoms with Crippen LogP contribution in [-0.4, -0.2) is 39.3 Å². The predicted molar refractivity (Wildman–Crippen MR) is 44.2 cm³/mol. The van der Waals surface area contributed by atoms with E-state index in [0.717, 1.165) is 19.6 Å². The van der Waals surface area contributed by atoms with Crippen LogP contribution in [0.25, 0.3) is 0 Å². The number of hydrogen-bond acceptors (Lipinski definition) is 2. The van der Waals surface area contributed by atoms with Gasteiger partial charge in [-0.15, -0.1) is 0 Å². The Bertz CT molecular complexity index is 89.3. The summed E-state index contributed by atoms with van der Waals surface area (Å²) in [5.41, 5.74) is 0. The van der Waals surface area contributed by atoms with Gasteiger partial charge >= 0.3 is 0 Å². The molecule has 0 aliphatic rings. The molecule has 0 aromatic rings. The second-order valence-corrected chi connectivity index (χ2v) is 2.52. The lowest BCUT2D eigenvalue weighted by Crippen LogP contribution is -2.11. The second-order valence-electron chi connectivity index (χ2n) is 2.52. The second kappa shape index (κ2) is 6.78. The molecule has 0 aromatic heterocycles. The van der Waals surface area contributed by atoms with Crippen molar-refractivity contribution >= 4 is 0 Å². The zero-order valence-corrected chi connectivity index (χ0v) is 7.13. The van der Waals surface area contributed by atoms with Crippen LogP contribution in [0, 0.1) is 0 Å². The summed E-state index contributed by atoms with van der Waals surface area (Å²) >= 11 is 0. The van der Waals surface area contributed by atoms with Crippen molar-refractivity contribution in [1.29, 1.82) is 0 Å². The molecule has 0 aliphatic carbocycles. The fourth-order valence-electron chi connectivity index (χ4n) is 0.615. The van der Waals surface area contributed by atoms with Crippen LogP contribution in [0.15, 0.2) is 12.2 Å². The standard InChI is InChI=1S/C8H17NO/c1-9(2)7-5-4-6-8-10-3/h4,6H,5,7-8H2,1-3H3/b6-4-. The first kappa shape index (κ1) is 9.66. The Balaban J connectivity index is 3.02. The van der Waals surface area contributed by atoms with Crippen LogP contribution in [0.2, 0.25) is 0 Å². The summed E-state index contributed by atoms with van der Waals surface area (Å²) in [7, 11) is 5.85. The van der Waals surface area contributed by atoms with Crippen molar-refractivity contribution in [3.63, 3.8) is 0 Å². The van der Waals surface area contributed by atoms with Crippen LogP contribution in [-0.2, 0) is 4.74 Å². The summed E-state index contributed by atoms with van der Waals surface area (Å²) in [6.07, 6.45) is 5.30. The quantitative estimate of drug-likeness (QED) is 0.535. The van der Waals surface area contributed by atoms with Crippen molar-refractivity contribution in [2.45, 2.75) is 6.42 Å². The van der Waals surface area contributed by atoms with Crippen LogP contribution < -0.4 is 0 Å². The Morgan fingerprint density at radius 2 is 2.00 bits per heavy atom. The van der Waals surface area contributed by atoms with Gasteiger partial charge in [-0.05, 0) is 20.5 Å². The maximum atomic E-state index is 4.85. The molecule has 0 saturated carbocycles. The van der Waals surface area contributed by atoms with E-state index < -0.39 is 0 Å². The summed E-state index contributed by atoms with van der Waals surface area (Å²) in [5.74, 6) is 0. The minimum absolute atomic E-state index is 0.730. The molecule has 0 aromatic carbocycles. The van der Waals surface area contributed by atoms with Gasteiger partial charge in [0.1, 0.15) is 0 Å². The van der Waals surface area contributed by atoms with Gasteiger partial charge in [-0.25, -0.2) is 0 Å². The summed E-state index contributed by atoms with van der Waals surface area (Å²) in [6, 6.07) is 0. The van der Waals surface area contributed by atoms with E-state index in [-0.39, 0.29) is 0 Å². The zero-order chi connectivity index (χ0) is 7.82. The fraction of sp³-hybridized carbons (Fsp3) is 0.750. The zero-order valence-electron chi connectivity index (χ0n) is 7.13. The Labute approximate surface area is 63.5 Å². The molecule has 0 amide bonds. The molecule has 0 saturated heterocycles. The van der Waals surface area contributed by atoms with Gasteiger partial charge in [0, 0.05) is 13.7 Å². The molecular formula is C8H17NO. The average Bonchev–Trinajstić information content (AvgIpc) is 1.87. The van der Waals surface area contributed by atoms with Crippen molar-refractivity contribution in [3.8, 4) is 0 Å². The highest BCUT2D eigenvalue weighted by atomic mass is 16.5. The van der Waals surface area contributed by atoms with Gasteiger partial charge in [0.2, 0.25) is 0 Å². The molecule has 0 fully saturated rings. The number of methoxy groups -OCH3 is 1. The van der Waals surface area contributed by atoms with Crippen molar-refractivity contribution in [1.82, 2.24) is 4.90 Å². The first-order chi connectivity index (χ1) is 4.77. The third-order valence-corrected chi connectivity index (χ3v) is 1.17. The summed E-state index contributed by atoms with van der Waals surface area (Å²) < 4.78 is 4.85. The topological polar surface area (TPSA) is 12.5 Å². The Hall–Kier alpha value is -0.340. The number of nitrogens with zero attached hydrogens (tertiary/aromatic N) is 1. The first-order valence-corrected chi connectivity index (χ1v) is 3.56. The van der Waals surface area contributed by atoms with Crippen molar-refractivity contribution in [2.75, 3.05) is 34.4 Å². The van der Waals surface area contributed by atoms with Gasteiger partial charge in [0.25, 0.3) is 0 Å². The van der Waals surface area contributed by atoms with Gasteiger partial charge < -0.3 is 9.64 Å². The maximum absolute atomic E-state index is 4.85. The lowest BCUT2D eigenvalue weighted by Gasteiger charge is -2.05. The van der Waals surface area contributed by atoms with E-state index in [1.165, 1.54) is 0 Å². The molecular weight excluding hydrogens is 126 g/mol. The Morgan fingerprint density at radius 3 is 2.50 bits per heavy atom. The molecule has 0 radical (unpaired) electrons. The van der Waals surface area contributed by atoms with Crippen LogP contribution in [0.1, 0.15) is 6.42 Å². The minimum atomic E-state index is 0.730. The van der Waals surface area contributed by atoms with E-state index in [1.54, 1.807) is 7.11 Å². The highest BCUT2D eigenvalue weighted by Crippen LogP contribution is 1.85. The summed E-state index contributed by atoms with van der Waals surface area (Å²) in [5, 5.41) is 0. The van der Waals surface area contributed by atoms with Gasteiger partial charge in [0.15, 0.2) is 0 Å². The molecule has 0 rings (SSSR count). The molecule has 2 nitrogen and oxygen atoms in total. The van der Waals surface area contributed by atoms with Gasteiger partial charge in [-0.2, -0.15) is 0 Å². The van der Waals surface area contributed by atoms with E-state index in [0.29, 0.717) is 0 Å². The monoisotopic (exact) mass is 143 g/mol. The fourth-order valence-corrected chi connectivity index (χ4v) is 0.615. The van der Waals surface area contributed by atoms with Crippen molar-refractivity contribution in [2.24, 2.45) is 0 Å². The maximum Gasteiger partial charge on any atom is 0.0643 e. The third kappa shape index (κ3) is 7.66. The lowest BCUT2D eigenvalue weighted by atomic mass is 10.3. The summed E-state index contributed by atoms with van der Waals surface area (Å²) in [6.45, 7) is 1.84. The largest absolute Gasteiger partial charge is 0.381 e. The SMILES string of the molecule is COC/C=C\CCN(C)C. The van der Waals surface area contributed by atoms with Crippen molar-refractivity contribution < 1.29 is 4.74 Å². The highest BCUT2D eigenvalue weighted by Gasteiger charge is 1.83. The molecule has 0 unspecified atom stereocenters. The third-order valence-electron chi connectivity index (χ3n) is 1.17. The van der Waals surface area contributed by atoms with Gasteiger partial charge in [-0.3, -0.25) is 0 Å². The molecule has 0 heterocycles. The molecule has 0 atom stereocenters. The number of hydrogen-bond donors (Lipinski definition) is 0. The molecule has 0 aliphatic heterocycles. The molecule has 0 spiro atoms.